The van der Waals surface area contributed by atoms with E-state index in [0.29, 0.717) is 48.5 Å². The number of alkyl halides is 3. The standard InChI is InChI=1S/C22H20Cl2F3N5O/c23-15-2-1-3-16(24)14(15)12-30-6-8-31(9-7-30)21(33)18-11-20-28-17(13-4-5-13)10-19(22(25,26)27)32(20)29-18/h1-3,10-11,13H,4-9,12H2. The summed E-state index contributed by atoms with van der Waals surface area (Å²) >= 11 is 12.5. The molecule has 11 heteroatoms. The molecule has 5 rings (SSSR count). The number of nitrogens with zero attached hydrogens (tertiary/aromatic N) is 5. The lowest BCUT2D eigenvalue weighted by Gasteiger charge is -2.34. The fourth-order valence-electron chi connectivity index (χ4n) is 4.07. The molecule has 2 aliphatic rings. The van der Waals surface area contributed by atoms with Crippen molar-refractivity contribution in [3.8, 4) is 0 Å². The Hall–Kier alpha value is -2.36. The van der Waals surface area contributed by atoms with Crippen LogP contribution in [0.5, 0.6) is 0 Å². The topological polar surface area (TPSA) is 53.7 Å². The maximum absolute atomic E-state index is 13.6. The second-order valence-corrected chi connectivity index (χ2v) is 9.22. The molecule has 1 amide bonds. The monoisotopic (exact) mass is 497 g/mol. The van der Waals surface area contributed by atoms with E-state index in [2.05, 4.69) is 15.0 Å². The number of piperazine rings is 1. The van der Waals surface area contributed by atoms with E-state index >= 15 is 0 Å². The maximum atomic E-state index is 13.6. The van der Waals surface area contributed by atoms with Crippen LogP contribution < -0.4 is 0 Å². The van der Waals surface area contributed by atoms with E-state index in [-0.39, 0.29) is 17.3 Å². The zero-order chi connectivity index (χ0) is 23.3. The van der Waals surface area contributed by atoms with Gasteiger partial charge in [0, 0.05) is 66.0 Å². The normalized spacial score (nSPS) is 17.7. The van der Waals surface area contributed by atoms with Crippen molar-refractivity contribution in [1.82, 2.24) is 24.4 Å². The fourth-order valence-corrected chi connectivity index (χ4v) is 4.58. The third-order valence-electron chi connectivity index (χ3n) is 6.06. The first kappa shape index (κ1) is 22.4. The zero-order valence-electron chi connectivity index (χ0n) is 17.4. The number of amides is 1. The number of hydrogen-bond donors (Lipinski definition) is 0. The molecule has 174 valence electrons. The second kappa shape index (κ2) is 8.45. The lowest BCUT2D eigenvalue weighted by Crippen LogP contribution is -2.48. The van der Waals surface area contributed by atoms with Gasteiger partial charge >= 0.3 is 6.18 Å². The van der Waals surface area contributed by atoms with Gasteiger partial charge in [0.05, 0.1) is 0 Å². The molecule has 0 bridgehead atoms. The van der Waals surface area contributed by atoms with Crippen LogP contribution >= 0.6 is 23.2 Å². The van der Waals surface area contributed by atoms with Crippen LogP contribution in [0.1, 0.15) is 46.2 Å². The number of aromatic nitrogens is 3. The van der Waals surface area contributed by atoms with E-state index in [9.17, 15) is 18.0 Å². The van der Waals surface area contributed by atoms with Crippen LogP contribution in [0, 0.1) is 0 Å². The number of rotatable bonds is 4. The van der Waals surface area contributed by atoms with Crippen LogP contribution in [0.25, 0.3) is 5.65 Å². The number of fused-ring (bicyclic) bond motifs is 1. The fraction of sp³-hybridized carbons (Fsp3) is 0.409. The van der Waals surface area contributed by atoms with Crippen molar-refractivity contribution in [2.24, 2.45) is 0 Å². The molecule has 33 heavy (non-hydrogen) atoms. The Balaban J connectivity index is 1.32. The number of carbonyl (C=O) groups is 1. The molecular weight excluding hydrogens is 478 g/mol. The van der Waals surface area contributed by atoms with Gasteiger partial charge in [-0.3, -0.25) is 9.69 Å². The van der Waals surface area contributed by atoms with E-state index in [0.717, 1.165) is 29.0 Å². The van der Waals surface area contributed by atoms with Crippen LogP contribution in [0.2, 0.25) is 10.0 Å². The van der Waals surface area contributed by atoms with Crippen molar-refractivity contribution in [2.45, 2.75) is 31.5 Å². The first-order chi connectivity index (χ1) is 15.7. The molecule has 0 spiro atoms. The van der Waals surface area contributed by atoms with Crippen LogP contribution in [-0.4, -0.2) is 56.5 Å². The average molecular weight is 498 g/mol. The molecule has 1 saturated carbocycles. The summed E-state index contributed by atoms with van der Waals surface area (Å²) < 4.78 is 41.6. The van der Waals surface area contributed by atoms with Gasteiger partial charge in [-0.05, 0) is 31.0 Å². The molecule has 0 unspecified atom stereocenters. The second-order valence-electron chi connectivity index (χ2n) is 8.41. The molecule has 0 N–H and O–H groups in total. The maximum Gasteiger partial charge on any atom is 0.433 e. The molecule has 1 aliphatic heterocycles. The molecule has 1 aliphatic carbocycles. The predicted octanol–water partition coefficient (Wildman–Crippen LogP) is 4.89. The molecule has 1 aromatic carbocycles. The Labute approximate surface area is 197 Å². The van der Waals surface area contributed by atoms with E-state index in [1.165, 1.54) is 6.07 Å². The third-order valence-corrected chi connectivity index (χ3v) is 6.76. The van der Waals surface area contributed by atoms with Gasteiger partial charge in [0.2, 0.25) is 0 Å². The minimum atomic E-state index is -4.59. The molecule has 6 nitrogen and oxygen atoms in total. The lowest BCUT2D eigenvalue weighted by molar-refractivity contribution is -0.142. The highest BCUT2D eigenvalue weighted by molar-refractivity contribution is 6.35. The van der Waals surface area contributed by atoms with E-state index in [4.69, 9.17) is 23.2 Å². The predicted molar refractivity (Wildman–Crippen MR) is 118 cm³/mol. The minimum Gasteiger partial charge on any atom is -0.335 e. The third kappa shape index (κ3) is 4.54. The first-order valence-electron chi connectivity index (χ1n) is 10.6. The van der Waals surface area contributed by atoms with Crippen LogP contribution in [0.15, 0.2) is 30.3 Å². The van der Waals surface area contributed by atoms with Crippen LogP contribution in [0.4, 0.5) is 13.2 Å². The molecule has 2 fully saturated rings. The summed E-state index contributed by atoms with van der Waals surface area (Å²) in [4.78, 5) is 21.1. The molecule has 0 atom stereocenters. The van der Waals surface area contributed by atoms with Gasteiger partial charge in [0.15, 0.2) is 11.3 Å². The molecule has 1 saturated heterocycles. The molecule has 0 radical (unpaired) electrons. The number of benzene rings is 1. The summed E-state index contributed by atoms with van der Waals surface area (Å²) in [5.74, 6) is -0.359. The van der Waals surface area contributed by atoms with Gasteiger partial charge in [0.1, 0.15) is 5.69 Å². The first-order valence-corrected chi connectivity index (χ1v) is 11.4. The zero-order valence-corrected chi connectivity index (χ0v) is 19.0. The van der Waals surface area contributed by atoms with E-state index in [1.807, 2.05) is 0 Å². The summed E-state index contributed by atoms with van der Waals surface area (Å²) in [5, 5.41) is 5.15. The van der Waals surface area contributed by atoms with Gasteiger partial charge < -0.3 is 4.90 Å². The van der Waals surface area contributed by atoms with Crippen LogP contribution in [0.3, 0.4) is 0 Å². The van der Waals surface area contributed by atoms with Crippen molar-refractivity contribution in [3.05, 3.63) is 63.0 Å². The highest BCUT2D eigenvalue weighted by Crippen LogP contribution is 2.41. The van der Waals surface area contributed by atoms with Gasteiger partial charge in [0.25, 0.3) is 5.91 Å². The number of carbonyl (C=O) groups excluding carboxylic acids is 1. The Morgan fingerprint density at radius 2 is 1.73 bits per heavy atom. The molecule has 3 aromatic rings. The number of halogens is 5. The highest BCUT2D eigenvalue weighted by atomic mass is 35.5. The molecular formula is C22H20Cl2F3N5O. The lowest BCUT2D eigenvalue weighted by atomic mass is 10.2. The Morgan fingerprint density at radius 1 is 1.06 bits per heavy atom. The molecule has 2 aromatic heterocycles. The SMILES string of the molecule is O=C(c1cc2nc(C3CC3)cc(C(F)(F)F)n2n1)N1CCN(Cc2c(Cl)cccc2Cl)CC1. The van der Waals surface area contributed by atoms with Gasteiger partial charge in [-0.25, -0.2) is 9.50 Å². The Kier molecular flexibility index (Phi) is 5.74. The smallest absolute Gasteiger partial charge is 0.335 e. The van der Waals surface area contributed by atoms with Gasteiger partial charge in [-0.1, -0.05) is 29.3 Å². The van der Waals surface area contributed by atoms with E-state index < -0.39 is 17.8 Å². The summed E-state index contributed by atoms with van der Waals surface area (Å²) in [6, 6.07) is 7.74. The largest absolute Gasteiger partial charge is 0.433 e. The summed E-state index contributed by atoms with van der Waals surface area (Å²) in [6.45, 7) is 2.55. The van der Waals surface area contributed by atoms with Crippen LogP contribution in [-0.2, 0) is 12.7 Å². The van der Waals surface area contributed by atoms with Gasteiger partial charge in [-0.15, -0.1) is 0 Å². The van der Waals surface area contributed by atoms with Crippen molar-refractivity contribution >= 4 is 34.8 Å². The number of hydrogen-bond acceptors (Lipinski definition) is 4. The minimum absolute atomic E-state index is 0.0384. The average Bonchev–Trinajstić information content (AvgIpc) is 3.53. The molecule has 3 heterocycles. The summed E-state index contributed by atoms with van der Waals surface area (Å²) in [6.07, 6.45) is -2.95. The Bertz CT molecular complexity index is 1200. The summed E-state index contributed by atoms with van der Waals surface area (Å²) in [7, 11) is 0. The Morgan fingerprint density at radius 3 is 2.33 bits per heavy atom. The van der Waals surface area contributed by atoms with Crippen molar-refractivity contribution in [2.75, 3.05) is 26.2 Å². The van der Waals surface area contributed by atoms with Crippen molar-refractivity contribution in [1.29, 1.82) is 0 Å². The van der Waals surface area contributed by atoms with E-state index in [1.54, 1.807) is 23.1 Å². The quantitative estimate of drug-likeness (QED) is 0.514. The van der Waals surface area contributed by atoms with Crippen molar-refractivity contribution in [3.63, 3.8) is 0 Å². The van der Waals surface area contributed by atoms with Crippen molar-refractivity contribution < 1.29 is 18.0 Å². The summed E-state index contributed by atoms with van der Waals surface area (Å²) in [5.41, 5.74) is 0.333. The van der Waals surface area contributed by atoms with Gasteiger partial charge in [-0.2, -0.15) is 18.3 Å². The highest BCUT2D eigenvalue weighted by Gasteiger charge is 2.38.